The van der Waals surface area contributed by atoms with Crippen molar-refractivity contribution < 1.29 is 21.6 Å². The van der Waals surface area contributed by atoms with Crippen LogP contribution >= 0.6 is 0 Å². The third kappa shape index (κ3) is 5.02. The quantitative estimate of drug-likeness (QED) is 0.689. The maximum absolute atomic E-state index is 12.2. The molecule has 0 aliphatic carbocycles. The van der Waals surface area contributed by atoms with E-state index >= 15 is 0 Å². The highest BCUT2D eigenvalue weighted by Crippen LogP contribution is 2.31. The molecule has 19 heavy (non-hydrogen) atoms. The topological polar surface area (TPSA) is 105 Å². The second-order valence-electron chi connectivity index (χ2n) is 4.41. The Bertz CT molecular complexity index is 416. The van der Waals surface area contributed by atoms with Gasteiger partial charge in [-0.1, -0.05) is 27.4 Å². The Kier molecular flexibility index (Phi) is 8.37. The molecule has 1 unspecified atom stereocenters. The maximum Gasteiger partial charge on any atom is 0.400 e. The molecule has 0 aromatic heterocycles. The minimum absolute atomic E-state index is 0. The summed E-state index contributed by atoms with van der Waals surface area (Å²) in [6, 6.07) is 0. The number of ketones is 1. The Morgan fingerprint density at radius 2 is 1.79 bits per heavy atom. The number of carbonyl (C=O) groups excluding carboxylic acids is 1. The molecular formula is C12H25NO5S. The molecule has 0 spiro atoms. The van der Waals surface area contributed by atoms with Crippen molar-refractivity contribution in [3.63, 3.8) is 0 Å². The fraction of sp³-hybridized carbons (Fsp3) is 0.750. The fourth-order valence-corrected chi connectivity index (χ4v) is 2.82. The lowest BCUT2D eigenvalue weighted by atomic mass is 9.81. The molecule has 0 aliphatic rings. The molecule has 3 N–H and O–H groups in total. The number of hydrogen-bond donors (Lipinski definition) is 1. The van der Waals surface area contributed by atoms with E-state index < -0.39 is 21.8 Å². The van der Waals surface area contributed by atoms with Gasteiger partial charge in [-0.2, -0.15) is 8.42 Å². The van der Waals surface area contributed by atoms with Crippen LogP contribution in [-0.4, -0.2) is 26.4 Å². The highest BCUT2D eigenvalue weighted by Gasteiger charge is 2.45. The molecule has 0 saturated heterocycles. The lowest BCUT2D eigenvalue weighted by molar-refractivity contribution is -0.135. The van der Waals surface area contributed by atoms with Crippen molar-refractivity contribution in [2.75, 3.05) is 6.61 Å². The highest BCUT2D eigenvalue weighted by molar-refractivity contribution is 7.81. The minimum atomic E-state index is -4.19. The molecule has 7 heteroatoms. The molecule has 0 radical (unpaired) electrons. The zero-order valence-electron chi connectivity index (χ0n) is 12.4. The van der Waals surface area contributed by atoms with Crippen molar-refractivity contribution >= 4 is 16.2 Å². The molecule has 0 rings (SSSR count). The summed E-state index contributed by atoms with van der Waals surface area (Å²) in [6.45, 7) is 11.7. The van der Waals surface area contributed by atoms with E-state index in [4.69, 9.17) is 4.18 Å². The van der Waals surface area contributed by atoms with Crippen molar-refractivity contribution in [2.24, 2.45) is 5.92 Å². The Morgan fingerprint density at radius 3 is 2.05 bits per heavy atom. The molecule has 0 aromatic carbocycles. The summed E-state index contributed by atoms with van der Waals surface area (Å²) in [5.41, 5.74) is -1.18. The second-order valence-corrected chi connectivity index (χ2v) is 5.62. The van der Waals surface area contributed by atoms with Gasteiger partial charge < -0.3 is 6.15 Å². The first-order valence-electron chi connectivity index (χ1n) is 5.93. The van der Waals surface area contributed by atoms with Crippen LogP contribution in [0.25, 0.3) is 0 Å². The third-order valence-electron chi connectivity index (χ3n) is 2.74. The first-order chi connectivity index (χ1) is 8.13. The summed E-state index contributed by atoms with van der Waals surface area (Å²) in [4.78, 5) is 12.2. The number of rotatable bonds is 8. The number of hydrogen-bond acceptors (Lipinski definition) is 6. The van der Waals surface area contributed by atoms with Crippen LogP contribution in [-0.2, 0) is 23.6 Å². The summed E-state index contributed by atoms with van der Waals surface area (Å²) < 4.78 is 32.8. The molecule has 0 saturated carbocycles. The van der Waals surface area contributed by atoms with Crippen molar-refractivity contribution in [2.45, 2.75) is 46.6 Å². The SMILES string of the molecule is C=C(C)C(=O)C(CC)(OS(=O)(=O)OCC)C(C)C.N. The molecule has 6 nitrogen and oxygen atoms in total. The summed E-state index contributed by atoms with van der Waals surface area (Å²) >= 11 is 0. The van der Waals surface area contributed by atoms with Crippen molar-refractivity contribution in [1.29, 1.82) is 0 Å². The normalized spacial score (nSPS) is 14.6. The van der Waals surface area contributed by atoms with Gasteiger partial charge in [-0.3, -0.25) is 4.79 Å². The minimum Gasteiger partial charge on any atom is -0.344 e. The molecule has 0 aromatic rings. The predicted molar refractivity (Wildman–Crippen MR) is 74.3 cm³/mol. The molecule has 1 atom stereocenters. The maximum atomic E-state index is 12.2. The van der Waals surface area contributed by atoms with Crippen LogP contribution in [0.2, 0.25) is 0 Å². The number of carbonyl (C=O) groups is 1. The van der Waals surface area contributed by atoms with Gasteiger partial charge in [0.05, 0.1) is 6.61 Å². The van der Waals surface area contributed by atoms with E-state index in [0.29, 0.717) is 0 Å². The Hall–Kier alpha value is -0.760. The molecule has 0 bridgehead atoms. The lowest BCUT2D eigenvalue weighted by Gasteiger charge is -2.33. The van der Waals surface area contributed by atoms with Crippen molar-refractivity contribution in [3.05, 3.63) is 12.2 Å². The Labute approximate surface area is 116 Å². The van der Waals surface area contributed by atoms with Gasteiger partial charge in [-0.05, 0) is 31.8 Å². The van der Waals surface area contributed by atoms with Crippen LogP contribution in [0.3, 0.4) is 0 Å². The van der Waals surface area contributed by atoms with Gasteiger partial charge in [0.25, 0.3) is 0 Å². The first-order valence-corrected chi connectivity index (χ1v) is 7.26. The van der Waals surface area contributed by atoms with Gasteiger partial charge in [0.1, 0.15) is 0 Å². The van der Waals surface area contributed by atoms with Crippen LogP contribution in [0.4, 0.5) is 0 Å². The summed E-state index contributed by atoms with van der Waals surface area (Å²) in [5, 5.41) is 0. The third-order valence-corrected chi connectivity index (χ3v) is 3.77. The van der Waals surface area contributed by atoms with E-state index in [2.05, 4.69) is 10.8 Å². The predicted octanol–water partition coefficient (Wildman–Crippen LogP) is 2.40. The second kappa shape index (κ2) is 7.74. The van der Waals surface area contributed by atoms with E-state index in [9.17, 15) is 13.2 Å². The molecule has 0 heterocycles. The average molecular weight is 295 g/mol. The van der Waals surface area contributed by atoms with Crippen LogP contribution in [0.15, 0.2) is 12.2 Å². The van der Waals surface area contributed by atoms with Gasteiger partial charge in [-0.25, -0.2) is 8.37 Å². The largest absolute Gasteiger partial charge is 0.400 e. The zero-order valence-corrected chi connectivity index (χ0v) is 13.2. The standard InChI is InChI=1S/C12H22O5S.H3N/c1-7-12(10(5)6,11(13)9(3)4)17-18(14,15)16-8-2;/h10H,3,7-8H2,1-2,4-6H3;1H3. The molecule has 0 fully saturated rings. The van der Waals surface area contributed by atoms with Gasteiger partial charge in [-0.15, -0.1) is 0 Å². The van der Waals surface area contributed by atoms with Crippen LogP contribution in [0, 0.1) is 5.92 Å². The van der Waals surface area contributed by atoms with Gasteiger partial charge in [0.2, 0.25) is 0 Å². The highest BCUT2D eigenvalue weighted by atomic mass is 32.3. The lowest BCUT2D eigenvalue weighted by Crippen LogP contribution is -2.48. The van der Waals surface area contributed by atoms with E-state index in [1.807, 2.05) is 0 Å². The van der Waals surface area contributed by atoms with Crippen molar-refractivity contribution in [3.8, 4) is 0 Å². The van der Waals surface area contributed by atoms with Gasteiger partial charge >= 0.3 is 10.4 Å². The van der Waals surface area contributed by atoms with E-state index in [0.717, 1.165) is 0 Å². The van der Waals surface area contributed by atoms with Crippen LogP contribution in [0.5, 0.6) is 0 Å². The van der Waals surface area contributed by atoms with Gasteiger partial charge in [0.15, 0.2) is 11.4 Å². The molecular weight excluding hydrogens is 270 g/mol. The summed E-state index contributed by atoms with van der Waals surface area (Å²) in [6.07, 6.45) is 0.225. The smallest absolute Gasteiger partial charge is 0.344 e. The zero-order chi connectivity index (χ0) is 14.6. The molecule has 0 aliphatic heterocycles. The van der Waals surface area contributed by atoms with Crippen LogP contribution in [0.1, 0.15) is 41.0 Å². The first kappa shape index (κ1) is 20.6. The van der Waals surface area contributed by atoms with Gasteiger partial charge in [0, 0.05) is 0 Å². The molecule has 114 valence electrons. The van der Waals surface area contributed by atoms with E-state index in [-0.39, 0.29) is 30.7 Å². The summed E-state index contributed by atoms with van der Waals surface area (Å²) in [5.74, 6) is -0.731. The Morgan fingerprint density at radius 1 is 1.32 bits per heavy atom. The molecule has 0 amide bonds. The van der Waals surface area contributed by atoms with Crippen LogP contribution < -0.4 is 6.15 Å². The number of Topliss-reactive ketones (excluding diaryl/α,β-unsaturated/α-hetero) is 1. The summed E-state index contributed by atoms with van der Waals surface area (Å²) in [7, 11) is -4.19. The monoisotopic (exact) mass is 295 g/mol. The Balaban J connectivity index is 0. The average Bonchev–Trinajstić information content (AvgIpc) is 2.24. The van der Waals surface area contributed by atoms with Crippen molar-refractivity contribution in [1.82, 2.24) is 6.15 Å². The fourth-order valence-electron chi connectivity index (χ4n) is 1.74. The van der Waals surface area contributed by atoms with E-state index in [1.165, 1.54) is 13.8 Å². The van der Waals surface area contributed by atoms with E-state index in [1.54, 1.807) is 20.8 Å².